The Hall–Kier alpha value is -0.900. The first kappa shape index (κ1) is 25.2. The van der Waals surface area contributed by atoms with Crippen LogP contribution < -0.4 is 0 Å². The molecule has 4 rings (SSSR count). The van der Waals surface area contributed by atoms with Crippen molar-refractivity contribution in [3.63, 3.8) is 0 Å². The van der Waals surface area contributed by atoms with E-state index in [-0.39, 0.29) is 17.4 Å². The average molecular weight is 460 g/mol. The van der Waals surface area contributed by atoms with Gasteiger partial charge < -0.3 is 10.0 Å². The average Bonchev–Trinajstić information content (AvgIpc) is 3.08. The molecule has 0 bridgehead atoms. The second-order valence-corrected chi connectivity index (χ2v) is 13.0. The number of ketones is 1. The first-order valence-corrected chi connectivity index (χ1v) is 14.1. The van der Waals surface area contributed by atoms with E-state index in [0.717, 1.165) is 50.4 Å². The normalized spacial score (nSPS) is 42.4. The second-order valence-electron chi connectivity index (χ2n) is 13.0. The number of nitrogens with zero attached hydrogens (tertiary/aromatic N) is 1. The van der Waals surface area contributed by atoms with Gasteiger partial charge in [0.05, 0.1) is 6.10 Å². The minimum atomic E-state index is -0.111. The van der Waals surface area contributed by atoms with E-state index in [1.807, 2.05) is 14.1 Å². The third-order valence-electron chi connectivity index (χ3n) is 11.1. The van der Waals surface area contributed by atoms with Gasteiger partial charge in [-0.25, -0.2) is 0 Å². The molecule has 0 radical (unpaired) electrons. The van der Waals surface area contributed by atoms with Crippen LogP contribution in [-0.4, -0.2) is 41.9 Å². The van der Waals surface area contributed by atoms with Gasteiger partial charge in [-0.2, -0.15) is 0 Å². The Morgan fingerprint density at radius 3 is 2.39 bits per heavy atom. The van der Waals surface area contributed by atoms with Crippen molar-refractivity contribution in [1.82, 2.24) is 4.90 Å². The highest BCUT2D eigenvalue weighted by molar-refractivity contribution is 5.79. The van der Waals surface area contributed by atoms with Crippen molar-refractivity contribution in [3.8, 4) is 0 Å². The molecule has 0 aromatic rings. The molecule has 4 heteroatoms. The first-order valence-electron chi connectivity index (χ1n) is 14.1. The number of aliphatic hydroxyl groups excluding tert-OH is 1. The molecule has 1 N–H and O–H groups in total. The van der Waals surface area contributed by atoms with E-state index in [1.165, 1.54) is 51.4 Å². The maximum absolute atomic E-state index is 12.5. The fourth-order valence-corrected chi connectivity index (χ4v) is 9.02. The zero-order valence-electron chi connectivity index (χ0n) is 21.8. The molecule has 0 spiro atoms. The zero-order chi connectivity index (χ0) is 23.8. The summed E-state index contributed by atoms with van der Waals surface area (Å²) < 4.78 is 0. The Balaban J connectivity index is 1.37. The number of amides is 1. The molecule has 4 aliphatic carbocycles. The van der Waals surface area contributed by atoms with E-state index in [1.54, 1.807) is 4.90 Å². The predicted octanol–water partition coefficient (Wildman–Crippen LogP) is 6.00. The summed E-state index contributed by atoms with van der Waals surface area (Å²) in [4.78, 5) is 26.0. The number of carbonyl (C=O) groups is 2. The number of carbonyl (C=O) groups excluding carboxylic acids is 2. The summed E-state index contributed by atoms with van der Waals surface area (Å²) in [6, 6.07) is 0. The molecule has 4 nitrogen and oxygen atoms in total. The lowest BCUT2D eigenvalue weighted by Gasteiger charge is -2.62. The largest absolute Gasteiger partial charge is 0.393 e. The molecular weight excluding hydrogens is 410 g/mol. The number of Topliss-reactive ketones (excluding diaryl/α,β-unsaturated/α-hetero) is 1. The van der Waals surface area contributed by atoms with Crippen LogP contribution in [0.4, 0.5) is 0 Å². The molecule has 4 saturated carbocycles. The Bertz CT molecular complexity index is 720. The van der Waals surface area contributed by atoms with Crippen molar-refractivity contribution >= 4 is 11.7 Å². The predicted molar refractivity (Wildman–Crippen MR) is 133 cm³/mol. The highest BCUT2D eigenvalue weighted by Crippen LogP contribution is 2.67. The van der Waals surface area contributed by atoms with Gasteiger partial charge >= 0.3 is 0 Å². The number of unbranched alkanes of at least 4 members (excludes halogenated alkanes) is 4. The van der Waals surface area contributed by atoms with Crippen molar-refractivity contribution in [3.05, 3.63) is 0 Å². The fourth-order valence-electron chi connectivity index (χ4n) is 9.02. The van der Waals surface area contributed by atoms with Crippen molar-refractivity contribution in [2.24, 2.45) is 40.4 Å². The van der Waals surface area contributed by atoms with Crippen molar-refractivity contribution in [2.45, 2.75) is 116 Å². The Morgan fingerprint density at radius 2 is 1.64 bits per heavy atom. The molecule has 0 aliphatic heterocycles. The Morgan fingerprint density at radius 1 is 0.939 bits per heavy atom. The van der Waals surface area contributed by atoms with Gasteiger partial charge in [-0.1, -0.05) is 46.0 Å². The van der Waals surface area contributed by atoms with E-state index >= 15 is 0 Å². The van der Waals surface area contributed by atoms with Gasteiger partial charge in [-0.3, -0.25) is 9.59 Å². The van der Waals surface area contributed by atoms with Crippen LogP contribution in [0.2, 0.25) is 0 Å². The number of rotatable bonds is 8. The molecule has 4 fully saturated rings. The minimum absolute atomic E-state index is 0.111. The van der Waals surface area contributed by atoms with E-state index in [4.69, 9.17) is 0 Å². The summed E-state index contributed by atoms with van der Waals surface area (Å²) in [5.74, 6) is 4.18. The third-order valence-corrected chi connectivity index (χ3v) is 11.1. The zero-order valence-corrected chi connectivity index (χ0v) is 21.8. The lowest BCUT2D eigenvalue weighted by molar-refractivity contribution is -0.154. The third kappa shape index (κ3) is 4.80. The molecule has 8 atom stereocenters. The van der Waals surface area contributed by atoms with Crippen LogP contribution in [0.1, 0.15) is 110 Å². The molecule has 188 valence electrons. The van der Waals surface area contributed by atoms with Crippen LogP contribution in [0.15, 0.2) is 0 Å². The van der Waals surface area contributed by atoms with Crippen LogP contribution in [-0.2, 0) is 9.59 Å². The highest BCUT2D eigenvalue weighted by atomic mass is 16.3. The summed E-state index contributed by atoms with van der Waals surface area (Å²) in [7, 11) is 3.67. The van der Waals surface area contributed by atoms with Crippen LogP contribution in [0.3, 0.4) is 0 Å². The first-order chi connectivity index (χ1) is 15.7. The summed E-state index contributed by atoms with van der Waals surface area (Å²) >= 11 is 0. The molecule has 1 amide bonds. The number of aliphatic hydroxyl groups is 1. The molecule has 0 heterocycles. The summed E-state index contributed by atoms with van der Waals surface area (Å²) in [6.07, 6.45) is 16.3. The Kier molecular flexibility index (Phi) is 7.63. The van der Waals surface area contributed by atoms with Gasteiger partial charge in [0.15, 0.2) is 0 Å². The molecule has 0 aromatic heterocycles. The van der Waals surface area contributed by atoms with Crippen molar-refractivity contribution in [1.29, 1.82) is 0 Å². The summed E-state index contributed by atoms with van der Waals surface area (Å²) in [5, 5.41) is 10.8. The van der Waals surface area contributed by atoms with Crippen LogP contribution >= 0.6 is 0 Å². The van der Waals surface area contributed by atoms with E-state index in [9.17, 15) is 14.7 Å². The Labute approximate surface area is 202 Å². The minimum Gasteiger partial charge on any atom is -0.393 e. The maximum Gasteiger partial charge on any atom is 0.222 e. The quantitative estimate of drug-likeness (QED) is 0.453. The van der Waals surface area contributed by atoms with E-state index in [0.29, 0.717) is 35.4 Å². The smallest absolute Gasteiger partial charge is 0.222 e. The van der Waals surface area contributed by atoms with Gasteiger partial charge in [-0.15, -0.1) is 0 Å². The molecule has 0 aromatic carbocycles. The fraction of sp³-hybridized carbons (Fsp3) is 0.931. The molecular formula is C29H49NO3. The molecule has 4 aliphatic rings. The van der Waals surface area contributed by atoms with Crippen molar-refractivity contribution in [2.75, 3.05) is 14.1 Å². The SMILES string of the molecule is CN(C)C(=O)CCCCCCC[C@H]1C[C@@H]2[C@H](CC[C@]3(C)[C@@H](O)CC[C@@H]23)[C@@]2(C)CCC(=O)C[C@H]12. The summed E-state index contributed by atoms with van der Waals surface area (Å²) in [6.45, 7) is 4.92. The molecule has 33 heavy (non-hydrogen) atoms. The maximum atomic E-state index is 12.5. The van der Waals surface area contributed by atoms with E-state index < -0.39 is 0 Å². The van der Waals surface area contributed by atoms with Gasteiger partial charge in [0.25, 0.3) is 0 Å². The van der Waals surface area contributed by atoms with E-state index in [2.05, 4.69) is 13.8 Å². The van der Waals surface area contributed by atoms with Gasteiger partial charge in [0.1, 0.15) is 5.78 Å². The number of hydrogen-bond donors (Lipinski definition) is 1. The van der Waals surface area contributed by atoms with Crippen molar-refractivity contribution < 1.29 is 14.7 Å². The molecule has 0 unspecified atom stereocenters. The number of fused-ring (bicyclic) bond motifs is 5. The molecule has 0 saturated heterocycles. The van der Waals surface area contributed by atoms with Crippen LogP contribution in [0.5, 0.6) is 0 Å². The standard InChI is InChI=1S/C29H49NO3/c1-28-16-14-21(31)19-25(28)20(10-8-6-5-7-9-11-27(33)30(3)4)18-22-23-12-13-26(32)29(23,2)17-15-24(22)28/h20,22-26,32H,5-19H2,1-4H3/t20-,22-,23-,24-,25+,26-,28+,29-/m0/s1. The lowest BCUT2D eigenvalue weighted by Crippen LogP contribution is -2.56. The van der Waals surface area contributed by atoms with Crippen LogP contribution in [0, 0.1) is 40.4 Å². The summed E-state index contributed by atoms with van der Waals surface area (Å²) in [5.41, 5.74) is 0.451. The second kappa shape index (κ2) is 9.99. The monoisotopic (exact) mass is 459 g/mol. The highest BCUT2D eigenvalue weighted by Gasteiger charge is 2.61. The lowest BCUT2D eigenvalue weighted by atomic mass is 9.43. The van der Waals surface area contributed by atoms with Gasteiger partial charge in [0.2, 0.25) is 5.91 Å². The van der Waals surface area contributed by atoms with Crippen LogP contribution in [0.25, 0.3) is 0 Å². The number of hydrogen-bond acceptors (Lipinski definition) is 3. The van der Waals surface area contributed by atoms with Gasteiger partial charge in [-0.05, 0) is 85.4 Å². The van der Waals surface area contributed by atoms with Gasteiger partial charge in [0, 0.05) is 33.4 Å². The topological polar surface area (TPSA) is 57.6 Å².